The molecule has 1 aliphatic heterocycles. The van der Waals surface area contributed by atoms with Crippen molar-refractivity contribution in [2.45, 2.75) is 38.6 Å². The first-order valence-corrected chi connectivity index (χ1v) is 7.89. The molecule has 0 aromatic heterocycles. The molecule has 1 fully saturated rings. The molecule has 0 saturated carbocycles. The summed E-state index contributed by atoms with van der Waals surface area (Å²) in [5.41, 5.74) is 0. The van der Waals surface area contributed by atoms with E-state index in [4.69, 9.17) is 9.53 Å². The van der Waals surface area contributed by atoms with Crippen LogP contribution in [-0.4, -0.2) is 65.1 Å². The summed E-state index contributed by atoms with van der Waals surface area (Å²) >= 11 is 1.25. The summed E-state index contributed by atoms with van der Waals surface area (Å²) in [4.78, 5) is 55.2. The van der Waals surface area contributed by atoms with Crippen LogP contribution >= 0.6 is 11.8 Å². The lowest BCUT2D eigenvalue weighted by molar-refractivity contribution is -0.146. The van der Waals surface area contributed by atoms with E-state index in [9.17, 15) is 19.2 Å². The van der Waals surface area contributed by atoms with Gasteiger partial charge in [0.25, 0.3) is 0 Å². The number of ketones is 1. The lowest BCUT2D eigenvalue weighted by atomic mass is 10.1. The SMILES string of the molecule is C=O.CCOC(=O)CNC(=O)C1CSC(C)(C(C)=O)N1C(C)=O. The highest BCUT2D eigenvalue weighted by atomic mass is 32.2. The first-order valence-electron chi connectivity index (χ1n) is 6.91. The van der Waals surface area contributed by atoms with Gasteiger partial charge in [0, 0.05) is 12.7 Å². The first-order chi connectivity index (χ1) is 10.7. The van der Waals surface area contributed by atoms with E-state index >= 15 is 0 Å². The average Bonchev–Trinajstić information content (AvgIpc) is 2.86. The molecule has 1 N–H and O–H groups in total. The van der Waals surface area contributed by atoms with Crippen LogP contribution in [0.3, 0.4) is 0 Å². The van der Waals surface area contributed by atoms with Gasteiger partial charge in [0.15, 0.2) is 5.78 Å². The summed E-state index contributed by atoms with van der Waals surface area (Å²) in [5.74, 6) is -1.24. The Bertz CT molecular complexity index is 484. The van der Waals surface area contributed by atoms with Crippen molar-refractivity contribution in [2.24, 2.45) is 0 Å². The topological polar surface area (TPSA) is 110 Å². The molecule has 9 heteroatoms. The summed E-state index contributed by atoms with van der Waals surface area (Å²) in [6.45, 7) is 7.98. The van der Waals surface area contributed by atoms with Crippen LogP contribution in [0.15, 0.2) is 0 Å². The minimum Gasteiger partial charge on any atom is -0.465 e. The minimum atomic E-state index is -1.04. The van der Waals surface area contributed by atoms with Gasteiger partial charge in [-0.2, -0.15) is 0 Å². The second kappa shape index (κ2) is 9.29. The molecular weight excluding hydrogens is 324 g/mol. The Morgan fingerprint density at radius 3 is 2.30 bits per heavy atom. The largest absolute Gasteiger partial charge is 0.465 e. The van der Waals surface area contributed by atoms with Crippen molar-refractivity contribution in [3.63, 3.8) is 0 Å². The molecule has 2 atom stereocenters. The van der Waals surface area contributed by atoms with E-state index in [-0.39, 0.29) is 24.8 Å². The molecular formula is C14H22N2O6S. The second-order valence-corrected chi connectivity index (χ2v) is 6.19. The maximum atomic E-state index is 12.1. The maximum absolute atomic E-state index is 12.1. The molecule has 1 rings (SSSR count). The molecule has 2 unspecified atom stereocenters. The average molecular weight is 346 g/mol. The molecule has 1 heterocycles. The van der Waals surface area contributed by atoms with Gasteiger partial charge in [0.2, 0.25) is 11.8 Å². The molecule has 130 valence electrons. The number of hydrogen-bond acceptors (Lipinski definition) is 7. The smallest absolute Gasteiger partial charge is 0.325 e. The zero-order valence-corrected chi connectivity index (χ0v) is 14.5. The highest BCUT2D eigenvalue weighted by Crippen LogP contribution is 2.40. The summed E-state index contributed by atoms with van der Waals surface area (Å²) in [6, 6.07) is -0.768. The van der Waals surface area contributed by atoms with Crippen LogP contribution in [0.2, 0.25) is 0 Å². The number of hydrogen-bond donors (Lipinski definition) is 1. The zero-order valence-electron chi connectivity index (χ0n) is 13.7. The van der Waals surface area contributed by atoms with Gasteiger partial charge < -0.3 is 19.7 Å². The Hall–Kier alpha value is -1.90. The van der Waals surface area contributed by atoms with Crippen LogP contribution < -0.4 is 5.32 Å². The number of nitrogens with one attached hydrogen (secondary N) is 1. The monoisotopic (exact) mass is 346 g/mol. The maximum Gasteiger partial charge on any atom is 0.325 e. The third kappa shape index (κ3) is 5.05. The number of carbonyl (C=O) groups is 5. The van der Waals surface area contributed by atoms with Crippen LogP contribution in [-0.2, 0) is 28.7 Å². The summed E-state index contributed by atoms with van der Waals surface area (Å²) in [5, 5.41) is 2.44. The normalized spacial score (nSPS) is 22.6. The van der Waals surface area contributed by atoms with Gasteiger partial charge >= 0.3 is 5.97 Å². The number of thioether (sulfide) groups is 1. The lowest BCUT2D eigenvalue weighted by Crippen LogP contribution is -2.56. The van der Waals surface area contributed by atoms with E-state index in [0.717, 1.165) is 0 Å². The number of Topliss-reactive ketones (excluding diaryl/α,β-unsaturated/α-hetero) is 1. The molecule has 0 bridgehead atoms. The molecule has 1 saturated heterocycles. The Morgan fingerprint density at radius 1 is 1.30 bits per heavy atom. The van der Waals surface area contributed by atoms with Gasteiger partial charge in [-0.25, -0.2) is 0 Å². The van der Waals surface area contributed by atoms with Gasteiger partial charge in [-0.05, 0) is 20.8 Å². The van der Waals surface area contributed by atoms with Crippen molar-refractivity contribution in [1.29, 1.82) is 0 Å². The summed E-state index contributed by atoms with van der Waals surface area (Å²) in [7, 11) is 0. The predicted molar refractivity (Wildman–Crippen MR) is 84.6 cm³/mol. The fourth-order valence-corrected chi connectivity index (χ4v) is 3.54. The molecule has 2 amide bonds. The highest BCUT2D eigenvalue weighted by molar-refractivity contribution is 8.01. The Balaban J connectivity index is 0.00000232. The Morgan fingerprint density at radius 2 is 1.87 bits per heavy atom. The second-order valence-electron chi connectivity index (χ2n) is 4.78. The molecule has 0 aromatic carbocycles. The van der Waals surface area contributed by atoms with Crippen LogP contribution in [0.4, 0.5) is 0 Å². The van der Waals surface area contributed by atoms with E-state index in [2.05, 4.69) is 5.32 Å². The highest BCUT2D eigenvalue weighted by Gasteiger charge is 2.51. The molecule has 1 aliphatic rings. The summed E-state index contributed by atoms with van der Waals surface area (Å²) < 4.78 is 4.71. The standard InChI is InChI=1S/C13H20N2O5S.CH2O/c1-5-20-11(18)6-14-12(19)10-7-21-13(4,8(2)16)15(10)9(3)17;1-2/h10H,5-7H2,1-4H3,(H,14,19);1H2. The van der Waals surface area contributed by atoms with E-state index in [1.807, 2.05) is 6.79 Å². The van der Waals surface area contributed by atoms with E-state index in [0.29, 0.717) is 5.75 Å². The van der Waals surface area contributed by atoms with Crippen LogP contribution in [0.1, 0.15) is 27.7 Å². The van der Waals surface area contributed by atoms with Crippen LogP contribution in [0, 0.1) is 0 Å². The number of esters is 1. The molecule has 23 heavy (non-hydrogen) atoms. The first kappa shape index (κ1) is 21.1. The van der Waals surface area contributed by atoms with E-state index in [1.165, 1.54) is 30.5 Å². The molecule has 0 spiro atoms. The molecule has 0 aromatic rings. The third-order valence-electron chi connectivity index (χ3n) is 3.30. The molecule has 0 aliphatic carbocycles. The number of ether oxygens (including phenoxy) is 1. The fraction of sp³-hybridized carbons (Fsp3) is 0.643. The van der Waals surface area contributed by atoms with Crippen molar-refractivity contribution in [2.75, 3.05) is 18.9 Å². The number of carbonyl (C=O) groups excluding carboxylic acids is 5. The van der Waals surface area contributed by atoms with Crippen LogP contribution in [0.25, 0.3) is 0 Å². The quantitative estimate of drug-likeness (QED) is 0.684. The van der Waals surface area contributed by atoms with Gasteiger partial charge in [0.1, 0.15) is 24.2 Å². The van der Waals surface area contributed by atoms with Gasteiger partial charge in [0.05, 0.1) is 6.61 Å². The fourth-order valence-electron chi connectivity index (χ4n) is 2.16. The number of amides is 2. The van der Waals surface area contributed by atoms with Crippen LogP contribution in [0.5, 0.6) is 0 Å². The predicted octanol–water partition coefficient (Wildman–Crippen LogP) is -0.250. The number of rotatable bonds is 5. The number of nitrogens with zero attached hydrogens (tertiary/aromatic N) is 1. The van der Waals surface area contributed by atoms with E-state index in [1.54, 1.807) is 13.8 Å². The van der Waals surface area contributed by atoms with Crippen molar-refractivity contribution in [3.8, 4) is 0 Å². The third-order valence-corrected chi connectivity index (χ3v) is 4.83. The van der Waals surface area contributed by atoms with Crippen molar-refractivity contribution < 1.29 is 28.7 Å². The summed E-state index contributed by atoms with van der Waals surface area (Å²) in [6.07, 6.45) is 0. The Kier molecular flexibility index (Phi) is 8.52. The van der Waals surface area contributed by atoms with Gasteiger partial charge in [-0.1, -0.05) is 0 Å². The Labute approximate surface area is 139 Å². The molecule has 0 radical (unpaired) electrons. The van der Waals surface area contributed by atoms with Crippen molar-refractivity contribution in [3.05, 3.63) is 0 Å². The minimum absolute atomic E-state index is 0.191. The van der Waals surface area contributed by atoms with E-state index < -0.39 is 22.8 Å². The van der Waals surface area contributed by atoms with Crippen molar-refractivity contribution >= 4 is 42.1 Å². The van der Waals surface area contributed by atoms with Crippen molar-refractivity contribution in [1.82, 2.24) is 10.2 Å². The van der Waals surface area contributed by atoms with Gasteiger partial charge in [-0.15, -0.1) is 11.8 Å². The van der Waals surface area contributed by atoms with Gasteiger partial charge in [-0.3, -0.25) is 19.2 Å². The molecule has 8 nitrogen and oxygen atoms in total. The zero-order chi connectivity index (χ0) is 18.2. The lowest BCUT2D eigenvalue weighted by Gasteiger charge is -2.34.